The predicted molar refractivity (Wildman–Crippen MR) is 81.3 cm³/mol. The van der Waals surface area contributed by atoms with Gasteiger partial charge in [0.25, 0.3) is 5.69 Å². The first kappa shape index (κ1) is 16.6. The molecule has 0 aliphatic heterocycles. The van der Waals surface area contributed by atoms with Gasteiger partial charge in [-0.1, -0.05) is 6.92 Å². The topological polar surface area (TPSA) is 89.7 Å². The number of hydrogen-bond donors (Lipinski definition) is 3. The fraction of sp³-hybridized carbons (Fsp3) is 0.417. The maximum Gasteiger partial charge on any atom is 0.339 e. The quantitative estimate of drug-likeness (QED) is 0.408. The highest BCUT2D eigenvalue weighted by atomic mass is 32.1. The van der Waals surface area contributed by atoms with Gasteiger partial charge in [0.1, 0.15) is 17.4 Å². The monoisotopic (exact) mass is 317 g/mol. The number of carboxylic acids is 1. The molecule has 8 heteroatoms. The number of non-ortho nitro benzene ring substituents is 1. The molecule has 6 nitrogen and oxygen atoms in total. The number of nitrogens with zero attached hydrogens (tertiary/aromatic N) is 1. The van der Waals surface area contributed by atoms with Gasteiger partial charge in [0.2, 0.25) is 0 Å². The van der Waals surface area contributed by atoms with Crippen LogP contribution in [0.1, 0.15) is 17.3 Å². The molecule has 2 unspecified atom stereocenters. The van der Waals surface area contributed by atoms with Crippen LogP contribution in [0.15, 0.2) is 18.2 Å². The van der Waals surface area contributed by atoms with Crippen LogP contribution in [-0.2, 0) is 0 Å². The van der Waals surface area contributed by atoms with E-state index in [0.29, 0.717) is 11.5 Å². The fourth-order valence-electron chi connectivity index (χ4n) is 1.52. The summed E-state index contributed by atoms with van der Waals surface area (Å²) in [6.07, 6.45) is -0.324. The lowest BCUT2D eigenvalue weighted by molar-refractivity contribution is -0.384. The van der Waals surface area contributed by atoms with Gasteiger partial charge in [-0.2, -0.15) is 25.3 Å². The molecule has 0 bridgehead atoms. The molecule has 0 aliphatic rings. The molecular formula is C12H15NO5S2. The Bertz CT molecular complexity index is 509. The lowest BCUT2D eigenvalue weighted by atomic mass is 10.1. The first-order chi connectivity index (χ1) is 9.40. The van der Waals surface area contributed by atoms with E-state index in [1.807, 2.05) is 6.92 Å². The molecule has 1 N–H and O–H groups in total. The van der Waals surface area contributed by atoms with Crippen molar-refractivity contribution in [1.29, 1.82) is 0 Å². The minimum atomic E-state index is -1.28. The van der Waals surface area contributed by atoms with Gasteiger partial charge in [-0.3, -0.25) is 10.1 Å². The van der Waals surface area contributed by atoms with E-state index in [4.69, 9.17) is 9.84 Å². The number of carboxylic acid groups (broad SMARTS) is 1. The van der Waals surface area contributed by atoms with E-state index in [9.17, 15) is 14.9 Å². The van der Waals surface area contributed by atoms with Crippen molar-refractivity contribution in [2.45, 2.75) is 13.0 Å². The molecule has 0 radical (unpaired) electrons. The molecule has 0 spiro atoms. The van der Waals surface area contributed by atoms with Crippen LogP contribution in [0.3, 0.4) is 0 Å². The summed E-state index contributed by atoms with van der Waals surface area (Å²) < 4.78 is 5.61. The van der Waals surface area contributed by atoms with Crippen molar-refractivity contribution < 1.29 is 19.6 Å². The van der Waals surface area contributed by atoms with Crippen molar-refractivity contribution in [1.82, 2.24) is 0 Å². The van der Waals surface area contributed by atoms with Crippen LogP contribution >= 0.6 is 25.3 Å². The summed E-state index contributed by atoms with van der Waals surface area (Å²) in [6, 6.07) is 3.49. The van der Waals surface area contributed by atoms with Gasteiger partial charge in [-0.15, -0.1) is 0 Å². The van der Waals surface area contributed by atoms with Crippen molar-refractivity contribution in [2.24, 2.45) is 5.92 Å². The molecule has 20 heavy (non-hydrogen) atoms. The van der Waals surface area contributed by atoms with Crippen molar-refractivity contribution in [3.05, 3.63) is 33.9 Å². The molecule has 1 aromatic carbocycles. The molecule has 0 amide bonds. The Labute approximate surface area is 127 Å². The molecular weight excluding hydrogens is 302 g/mol. The van der Waals surface area contributed by atoms with E-state index in [0.717, 1.165) is 6.07 Å². The second-order valence-corrected chi connectivity index (χ2v) is 4.97. The van der Waals surface area contributed by atoms with Crippen molar-refractivity contribution in [2.75, 3.05) is 11.5 Å². The number of nitro groups is 1. The second-order valence-electron chi connectivity index (χ2n) is 4.24. The van der Waals surface area contributed by atoms with Crippen LogP contribution in [-0.4, -0.2) is 33.6 Å². The number of benzene rings is 1. The van der Waals surface area contributed by atoms with Gasteiger partial charge in [0.05, 0.1) is 4.92 Å². The summed E-state index contributed by atoms with van der Waals surface area (Å²) >= 11 is 8.33. The number of hydrogen-bond acceptors (Lipinski definition) is 6. The van der Waals surface area contributed by atoms with Crippen LogP contribution in [0.5, 0.6) is 5.75 Å². The number of aromatic carboxylic acids is 1. The molecule has 0 saturated heterocycles. The molecule has 0 saturated carbocycles. The third-order valence-electron chi connectivity index (χ3n) is 2.79. The van der Waals surface area contributed by atoms with E-state index in [2.05, 4.69) is 25.3 Å². The van der Waals surface area contributed by atoms with E-state index < -0.39 is 10.9 Å². The van der Waals surface area contributed by atoms with E-state index in [1.54, 1.807) is 0 Å². The molecule has 0 fully saturated rings. The van der Waals surface area contributed by atoms with Crippen LogP contribution in [0.4, 0.5) is 5.69 Å². The largest absolute Gasteiger partial charge is 0.488 e. The van der Waals surface area contributed by atoms with E-state index in [1.165, 1.54) is 12.1 Å². The average Bonchev–Trinajstić information content (AvgIpc) is 2.43. The Morgan fingerprint density at radius 1 is 1.45 bits per heavy atom. The van der Waals surface area contributed by atoms with Crippen LogP contribution in [0, 0.1) is 16.0 Å². The highest BCUT2D eigenvalue weighted by Gasteiger charge is 2.22. The Balaban J connectivity index is 3.11. The maximum absolute atomic E-state index is 11.2. The van der Waals surface area contributed by atoms with Crippen LogP contribution in [0.2, 0.25) is 0 Å². The zero-order chi connectivity index (χ0) is 15.3. The lowest BCUT2D eigenvalue weighted by Gasteiger charge is -2.23. The van der Waals surface area contributed by atoms with Gasteiger partial charge < -0.3 is 9.84 Å². The first-order valence-corrected chi connectivity index (χ1v) is 7.07. The maximum atomic E-state index is 11.2. The smallest absolute Gasteiger partial charge is 0.339 e. The Morgan fingerprint density at radius 3 is 2.55 bits per heavy atom. The molecule has 1 rings (SSSR count). The summed E-state index contributed by atoms with van der Waals surface area (Å²) in [6.45, 7) is 1.90. The highest BCUT2D eigenvalue weighted by molar-refractivity contribution is 7.80. The van der Waals surface area contributed by atoms with Gasteiger partial charge >= 0.3 is 5.97 Å². The Morgan fingerprint density at radius 2 is 2.10 bits per heavy atom. The normalized spacial score (nSPS) is 13.6. The summed E-state index contributed by atoms with van der Waals surface area (Å²) in [5.41, 5.74) is -0.531. The molecule has 0 aromatic heterocycles. The third kappa shape index (κ3) is 4.04. The molecule has 110 valence electrons. The van der Waals surface area contributed by atoms with Gasteiger partial charge in [-0.05, 0) is 11.8 Å². The summed E-state index contributed by atoms with van der Waals surface area (Å²) in [5, 5.41) is 19.8. The summed E-state index contributed by atoms with van der Waals surface area (Å²) in [5.74, 6) is -0.179. The zero-order valence-corrected chi connectivity index (χ0v) is 12.5. The lowest BCUT2D eigenvalue weighted by Crippen LogP contribution is -2.28. The number of rotatable bonds is 7. The third-order valence-corrected chi connectivity index (χ3v) is 3.72. The fourth-order valence-corrected chi connectivity index (χ4v) is 2.19. The molecule has 1 aromatic rings. The predicted octanol–water partition coefficient (Wildman–Crippen LogP) is 2.54. The minimum Gasteiger partial charge on any atom is -0.488 e. The van der Waals surface area contributed by atoms with Gasteiger partial charge in [0.15, 0.2) is 0 Å². The van der Waals surface area contributed by atoms with Crippen molar-refractivity contribution >= 4 is 36.9 Å². The number of thiol groups is 2. The standard InChI is InChI=1S/C12H15NO5S2/c1-7(5-19)11(6-20)18-10-3-2-8(13(16)17)4-9(10)12(14)15/h2-4,7,11,19-20H,5-6H2,1H3,(H,14,15). The molecule has 2 atom stereocenters. The first-order valence-electron chi connectivity index (χ1n) is 5.80. The molecule has 0 aliphatic carbocycles. The summed E-state index contributed by atoms with van der Waals surface area (Å²) in [7, 11) is 0. The molecule has 0 heterocycles. The Kier molecular flexibility index (Phi) is 6.15. The number of carbonyl (C=O) groups is 1. The second kappa shape index (κ2) is 7.39. The summed E-state index contributed by atoms with van der Waals surface area (Å²) in [4.78, 5) is 21.2. The number of ether oxygens (including phenoxy) is 1. The van der Waals surface area contributed by atoms with E-state index in [-0.39, 0.29) is 29.0 Å². The van der Waals surface area contributed by atoms with Crippen LogP contribution in [0.25, 0.3) is 0 Å². The average molecular weight is 317 g/mol. The van der Waals surface area contributed by atoms with Crippen molar-refractivity contribution in [3.8, 4) is 5.75 Å². The number of nitro benzene ring substituents is 1. The minimum absolute atomic E-state index is 0.0627. The van der Waals surface area contributed by atoms with Crippen molar-refractivity contribution in [3.63, 3.8) is 0 Å². The van der Waals surface area contributed by atoms with Crippen LogP contribution < -0.4 is 4.74 Å². The van der Waals surface area contributed by atoms with Gasteiger partial charge in [0, 0.05) is 23.8 Å². The van der Waals surface area contributed by atoms with E-state index >= 15 is 0 Å². The highest BCUT2D eigenvalue weighted by Crippen LogP contribution is 2.27. The zero-order valence-electron chi connectivity index (χ0n) is 10.7. The van der Waals surface area contributed by atoms with Gasteiger partial charge in [-0.25, -0.2) is 4.79 Å². The SMILES string of the molecule is CC(CS)C(CS)Oc1ccc([N+](=O)[O-])cc1C(=O)O. The Hall–Kier alpha value is -1.41.